The third kappa shape index (κ3) is 6.85. The number of carbonyl (C=O) groups is 1. The number of nitrogens with zero attached hydrogens (tertiary/aromatic N) is 3. The smallest absolute Gasteiger partial charge is 0.233 e. The summed E-state index contributed by atoms with van der Waals surface area (Å²) in [7, 11) is 1.71. The van der Waals surface area contributed by atoms with Gasteiger partial charge in [0.15, 0.2) is 0 Å². The van der Waals surface area contributed by atoms with Crippen LogP contribution >= 0.6 is 0 Å². The van der Waals surface area contributed by atoms with Crippen LogP contribution in [0, 0.1) is 0 Å². The van der Waals surface area contributed by atoms with Crippen molar-refractivity contribution in [1.29, 1.82) is 0 Å². The Morgan fingerprint density at radius 1 is 1.67 bits per heavy atom. The van der Waals surface area contributed by atoms with E-state index in [9.17, 15) is 4.79 Å². The molecule has 0 atom stereocenters. The minimum atomic E-state index is -0.0431. The van der Waals surface area contributed by atoms with E-state index in [0.717, 1.165) is 0 Å². The number of azide groups is 1. The zero-order valence-electron chi connectivity index (χ0n) is 7.08. The van der Waals surface area contributed by atoms with Crippen LogP contribution in [0.2, 0.25) is 0 Å². The van der Waals surface area contributed by atoms with Gasteiger partial charge < -0.3 is 10.6 Å². The van der Waals surface area contributed by atoms with Gasteiger partial charge >= 0.3 is 0 Å². The quantitative estimate of drug-likeness (QED) is 0.255. The predicted octanol–water partition coefficient (Wildman–Crippen LogP) is 0.0224. The summed E-state index contributed by atoms with van der Waals surface area (Å²) in [5, 5.41) is 8.71. The first-order valence-electron chi connectivity index (χ1n) is 3.73. The lowest BCUT2D eigenvalue weighted by molar-refractivity contribution is -0.120. The molecule has 0 radical (unpaired) electrons. The van der Waals surface area contributed by atoms with Gasteiger partial charge in [0.05, 0.1) is 6.54 Å². The largest absolute Gasteiger partial charge is 0.355 e. The zero-order chi connectivity index (χ0) is 9.23. The Bertz CT molecular complexity index is 175. The van der Waals surface area contributed by atoms with Crippen molar-refractivity contribution in [2.75, 3.05) is 26.7 Å². The predicted molar refractivity (Wildman–Crippen MR) is 45.6 cm³/mol. The Kier molecular flexibility index (Phi) is 7.02. The molecule has 0 saturated heterocycles. The fourth-order valence-electron chi connectivity index (χ4n) is 0.645. The van der Waals surface area contributed by atoms with Crippen LogP contribution < -0.4 is 10.6 Å². The normalized spacial score (nSPS) is 8.75. The van der Waals surface area contributed by atoms with Crippen LogP contribution in [0.25, 0.3) is 10.4 Å². The van der Waals surface area contributed by atoms with Gasteiger partial charge in [-0.1, -0.05) is 5.11 Å². The highest BCUT2D eigenvalue weighted by Gasteiger charge is 1.95. The van der Waals surface area contributed by atoms with Gasteiger partial charge in [0.25, 0.3) is 0 Å². The third-order valence-electron chi connectivity index (χ3n) is 1.16. The lowest BCUT2D eigenvalue weighted by Gasteiger charge is -2.01. The Labute approximate surface area is 71.0 Å². The van der Waals surface area contributed by atoms with E-state index in [1.807, 2.05) is 0 Å². The van der Waals surface area contributed by atoms with Gasteiger partial charge in [-0.25, -0.2) is 0 Å². The maximum absolute atomic E-state index is 10.8. The van der Waals surface area contributed by atoms with E-state index in [1.54, 1.807) is 7.05 Å². The van der Waals surface area contributed by atoms with E-state index in [4.69, 9.17) is 5.53 Å². The maximum atomic E-state index is 10.8. The molecule has 2 N–H and O–H groups in total. The van der Waals surface area contributed by atoms with Crippen molar-refractivity contribution in [1.82, 2.24) is 10.6 Å². The topological polar surface area (TPSA) is 89.9 Å². The van der Waals surface area contributed by atoms with Crippen molar-refractivity contribution in [2.45, 2.75) is 6.42 Å². The molecule has 0 aliphatic carbocycles. The molecule has 6 heteroatoms. The van der Waals surface area contributed by atoms with E-state index in [0.29, 0.717) is 26.1 Å². The highest BCUT2D eigenvalue weighted by molar-refractivity contribution is 5.77. The number of hydrogen-bond donors (Lipinski definition) is 2. The molecule has 6 nitrogen and oxygen atoms in total. The van der Waals surface area contributed by atoms with Crippen molar-refractivity contribution in [2.24, 2.45) is 5.11 Å². The van der Waals surface area contributed by atoms with Crippen LogP contribution in [-0.2, 0) is 4.79 Å². The molecule has 0 aromatic carbocycles. The van der Waals surface area contributed by atoms with Gasteiger partial charge in [-0.3, -0.25) is 4.79 Å². The average molecular weight is 171 g/mol. The van der Waals surface area contributed by atoms with Crippen molar-refractivity contribution >= 4 is 5.91 Å². The fraction of sp³-hybridized carbons (Fsp3) is 0.833. The second-order valence-corrected chi connectivity index (χ2v) is 2.19. The number of likely N-dealkylation sites (N-methyl/N-ethyl adjacent to an activating group) is 1. The van der Waals surface area contributed by atoms with Crippen LogP contribution in [0.15, 0.2) is 5.11 Å². The average Bonchev–Trinajstić information content (AvgIpc) is 2.05. The SMILES string of the molecule is CNCC(=O)NCCCN=[N+]=[N-]. The molecule has 0 aliphatic heterocycles. The number of rotatable bonds is 6. The molecule has 0 unspecified atom stereocenters. The summed E-state index contributed by atoms with van der Waals surface area (Å²) in [4.78, 5) is 13.4. The van der Waals surface area contributed by atoms with Gasteiger partial charge in [0.1, 0.15) is 0 Å². The molecule has 0 fully saturated rings. The van der Waals surface area contributed by atoms with Crippen LogP contribution in [-0.4, -0.2) is 32.6 Å². The number of amides is 1. The van der Waals surface area contributed by atoms with E-state index in [-0.39, 0.29) is 5.91 Å². The van der Waals surface area contributed by atoms with Crippen LogP contribution in [0.4, 0.5) is 0 Å². The number of nitrogens with one attached hydrogen (secondary N) is 2. The van der Waals surface area contributed by atoms with E-state index < -0.39 is 0 Å². The lowest BCUT2D eigenvalue weighted by atomic mass is 10.4. The Morgan fingerprint density at radius 2 is 2.42 bits per heavy atom. The zero-order valence-corrected chi connectivity index (χ0v) is 7.08. The summed E-state index contributed by atoms with van der Waals surface area (Å²) in [6, 6.07) is 0. The molecule has 0 aromatic heterocycles. The molecule has 0 spiro atoms. The first kappa shape index (κ1) is 10.7. The molecular formula is C6H13N5O. The Hall–Kier alpha value is -1.26. The standard InChI is InChI=1S/C6H13N5O/c1-8-5-6(12)9-3-2-4-10-11-7/h8H,2-5H2,1H3,(H,9,12). The van der Waals surface area contributed by atoms with E-state index >= 15 is 0 Å². The Morgan fingerprint density at radius 3 is 3.00 bits per heavy atom. The molecule has 0 saturated carbocycles. The molecule has 0 aliphatic rings. The summed E-state index contributed by atoms with van der Waals surface area (Å²) >= 11 is 0. The first-order chi connectivity index (χ1) is 5.81. The van der Waals surface area contributed by atoms with Gasteiger partial charge in [0.2, 0.25) is 5.91 Å². The van der Waals surface area contributed by atoms with E-state index in [1.165, 1.54) is 0 Å². The summed E-state index contributed by atoms with van der Waals surface area (Å²) in [5.74, 6) is -0.0431. The molecule has 1 amide bonds. The highest BCUT2D eigenvalue weighted by Crippen LogP contribution is 1.78. The maximum Gasteiger partial charge on any atom is 0.233 e. The van der Waals surface area contributed by atoms with Gasteiger partial charge in [-0.2, -0.15) is 0 Å². The number of hydrogen-bond acceptors (Lipinski definition) is 3. The fourth-order valence-corrected chi connectivity index (χ4v) is 0.645. The van der Waals surface area contributed by atoms with Crippen molar-refractivity contribution in [3.05, 3.63) is 10.4 Å². The van der Waals surface area contributed by atoms with Crippen molar-refractivity contribution < 1.29 is 4.79 Å². The Balaban J connectivity index is 3.19. The minimum absolute atomic E-state index is 0.0431. The van der Waals surface area contributed by atoms with Gasteiger partial charge in [-0.05, 0) is 19.0 Å². The summed E-state index contributed by atoms with van der Waals surface area (Å²) in [5.41, 5.74) is 7.92. The van der Waals surface area contributed by atoms with Crippen LogP contribution in [0.5, 0.6) is 0 Å². The number of carbonyl (C=O) groups excluding carboxylic acids is 1. The van der Waals surface area contributed by atoms with E-state index in [2.05, 4.69) is 20.7 Å². The van der Waals surface area contributed by atoms with Gasteiger partial charge in [0, 0.05) is 18.0 Å². The summed E-state index contributed by atoms with van der Waals surface area (Å²) < 4.78 is 0. The molecular weight excluding hydrogens is 158 g/mol. The molecule has 0 rings (SSSR count). The molecule has 0 heterocycles. The summed E-state index contributed by atoms with van der Waals surface area (Å²) in [6.07, 6.45) is 0.680. The van der Waals surface area contributed by atoms with Crippen LogP contribution in [0.3, 0.4) is 0 Å². The molecule has 68 valence electrons. The second kappa shape index (κ2) is 7.84. The first-order valence-corrected chi connectivity index (χ1v) is 3.73. The van der Waals surface area contributed by atoms with Crippen molar-refractivity contribution in [3.63, 3.8) is 0 Å². The summed E-state index contributed by atoms with van der Waals surface area (Å²) in [6.45, 7) is 1.30. The molecule has 12 heavy (non-hydrogen) atoms. The minimum Gasteiger partial charge on any atom is -0.355 e. The monoisotopic (exact) mass is 171 g/mol. The third-order valence-corrected chi connectivity index (χ3v) is 1.16. The van der Waals surface area contributed by atoms with Crippen LogP contribution in [0.1, 0.15) is 6.42 Å². The lowest BCUT2D eigenvalue weighted by Crippen LogP contribution is -2.32. The van der Waals surface area contributed by atoms with Crippen molar-refractivity contribution in [3.8, 4) is 0 Å². The van der Waals surface area contributed by atoms with Gasteiger partial charge in [-0.15, -0.1) is 0 Å². The second-order valence-electron chi connectivity index (χ2n) is 2.19. The molecule has 0 bridgehead atoms. The highest BCUT2D eigenvalue weighted by atomic mass is 16.1. The molecule has 0 aromatic rings.